The molecule has 2 saturated carbocycles. The fourth-order valence-electron chi connectivity index (χ4n) is 5.53. The summed E-state index contributed by atoms with van der Waals surface area (Å²) in [6, 6.07) is 8.06. The van der Waals surface area contributed by atoms with Gasteiger partial charge in [-0.25, -0.2) is 0 Å². The van der Waals surface area contributed by atoms with Gasteiger partial charge in [-0.05, 0) is 55.2 Å². The normalized spacial score (nSPS) is 23.8. The van der Waals surface area contributed by atoms with Gasteiger partial charge in [0.15, 0.2) is 0 Å². The first kappa shape index (κ1) is 18.6. The van der Waals surface area contributed by atoms with Crippen LogP contribution in [0, 0.1) is 5.41 Å². The van der Waals surface area contributed by atoms with E-state index >= 15 is 0 Å². The van der Waals surface area contributed by atoms with Crippen LogP contribution in [0.15, 0.2) is 30.6 Å². The largest absolute Gasteiger partial charge is 0.497 e. The van der Waals surface area contributed by atoms with Gasteiger partial charge in [0.1, 0.15) is 17.9 Å². The van der Waals surface area contributed by atoms with Crippen molar-refractivity contribution in [1.29, 1.82) is 0 Å². The molecule has 2 heterocycles. The van der Waals surface area contributed by atoms with Crippen LogP contribution >= 0.6 is 0 Å². The van der Waals surface area contributed by atoms with Gasteiger partial charge in [-0.1, -0.05) is 25.5 Å². The van der Waals surface area contributed by atoms with Gasteiger partial charge in [-0.2, -0.15) is 0 Å². The molecule has 1 aromatic carbocycles. The highest BCUT2D eigenvalue weighted by molar-refractivity contribution is 5.91. The molecular formula is C23H30N4O2. The zero-order valence-electron chi connectivity index (χ0n) is 17.4. The molecule has 5 rings (SSSR count). The van der Waals surface area contributed by atoms with Crippen molar-refractivity contribution in [2.45, 2.75) is 63.3 Å². The molecule has 29 heavy (non-hydrogen) atoms. The van der Waals surface area contributed by atoms with E-state index in [0.29, 0.717) is 11.8 Å². The van der Waals surface area contributed by atoms with Crippen LogP contribution in [0.4, 0.5) is 0 Å². The molecule has 6 nitrogen and oxygen atoms in total. The van der Waals surface area contributed by atoms with Gasteiger partial charge in [-0.3, -0.25) is 4.79 Å². The Morgan fingerprint density at radius 3 is 2.55 bits per heavy atom. The van der Waals surface area contributed by atoms with Gasteiger partial charge in [-0.15, -0.1) is 10.2 Å². The molecule has 3 fully saturated rings. The predicted octanol–water partition coefficient (Wildman–Crippen LogP) is 3.52. The number of hydrogen-bond acceptors (Lipinski definition) is 4. The highest BCUT2D eigenvalue weighted by Gasteiger charge is 2.59. The lowest BCUT2D eigenvalue weighted by Gasteiger charge is -2.42. The van der Waals surface area contributed by atoms with Gasteiger partial charge in [0.2, 0.25) is 5.91 Å². The van der Waals surface area contributed by atoms with Gasteiger partial charge >= 0.3 is 0 Å². The maximum atomic E-state index is 13.7. The Morgan fingerprint density at radius 1 is 1.21 bits per heavy atom. The molecule has 1 aliphatic heterocycles. The number of carbonyl (C=O) groups excluding carboxylic acids is 1. The fourth-order valence-corrected chi connectivity index (χ4v) is 5.53. The lowest BCUT2D eigenvalue weighted by Crippen LogP contribution is -2.41. The number of likely N-dealkylation sites (tertiary alicyclic amines) is 1. The van der Waals surface area contributed by atoms with Crippen LogP contribution in [0.3, 0.4) is 0 Å². The Kier molecular flexibility index (Phi) is 4.41. The summed E-state index contributed by atoms with van der Waals surface area (Å²) < 4.78 is 7.49. The minimum absolute atomic E-state index is 0.199. The highest BCUT2D eigenvalue weighted by atomic mass is 16.5. The number of aromatic nitrogens is 3. The first-order valence-corrected chi connectivity index (χ1v) is 10.9. The summed E-state index contributed by atoms with van der Waals surface area (Å²) in [5.74, 6) is 2.52. The number of ether oxygens (including phenoxy) is 1. The van der Waals surface area contributed by atoms with E-state index in [1.54, 1.807) is 7.11 Å². The third-order valence-electron chi connectivity index (χ3n) is 7.51. The number of methoxy groups -OCH3 is 1. The molecule has 1 amide bonds. The van der Waals surface area contributed by atoms with Crippen molar-refractivity contribution in [1.82, 2.24) is 19.7 Å². The highest BCUT2D eigenvalue weighted by Crippen LogP contribution is 2.58. The maximum Gasteiger partial charge on any atom is 0.233 e. The molecule has 2 aromatic rings. The van der Waals surface area contributed by atoms with E-state index < -0.39 is 0 Å². The minimum atomic E-state index is -0.330. The molecule has 1 saturated heterocycles. The van der Waals surface area contributed by atoms with Crippen LogP contribution in [-0.4, -0.2) is 45.8 Å². The van der Waals surface area contributed by atoms with E-state index in [-0.39, 0.29) is 10.8 Å². The Bertz CT molecular complexity index is 896. The van der Waals surface area contributed by atoms with E-state index in [1.807, 2.05) is 18.5 Å². The number of rotatable bonds is 6. The second-order valence-corrected chi connectivity index (χ2v) is 9.15. The first-order chi connectivity index (χ1) is 14.1. The van der Waals surface area contributed by atoms with Crippen molar-refractivity contribution in [3.8, 4) is 5.75 Å². The number of aryl methyl sites for hydroxylation is 1. The molecule has 6 heteroatoms. The second-order valence-electron chi connectivity index (χ2n) is 9.15. The molecule has 0 bridgehead atoms. The van der Waals surface area contributed by atoms with Crippen molar-refractivity contribution in [2.75, 3.05) is 20.2 Å². The van der Waals surface area contributed by atoms with E-state index in [9.17, 15) is 4.79 Å². The average molecular weight is 395 g/mol. The first-order valence-electron chi connectivity index (χ1n) is 10.9. The summed E-state index contributed by atoms with van der Waals surface area (Å²) >= 11 is 0. The summed E-state index contributed by atoms with van der Waals surface area (Å²) in [5, 5.41) is 8.71. The number of amides is 1. The Labute approximate surface area is 172 Å². The number of benzene rings is 1. The molecule has 1 spiro atoms. The third-order valence-corrected chi connectivity index (χ3v) is 7.51. The molecule has 1 unspecified atom stereocenters. The van der Waals surface area contributed by atoms with Crippen LogP contribution in [0.25, 0.3) is 0 Å². The summed E-state index contributed by atoms with van der Waals surface area (Å²) in [6.45, 7) is 4.77. The Morgan fingerprint density at radius 2 is 1.97 bits per heavy atom. The fraction of sp³-hybridized carbons (Fsp3) is 0.609. The van der Waals surface area contributed by atoms with E-state index in [1.165, 1.54) is 19.3 Å². The van der Waals surface area contributed by atoms with Gasteiger partial charge in [0, 0.05) is 25.6 Å². The van der Waals surface area contributed by atoms with Crippen molar-refractivity contribution < 1.29 is 9.53 Å². The number of carbonyl (C=O) groups is 1. The molecule has 1 aromatic heterocycles. The van der Waals surface area contributed by atoms with Gasteiger partial charge in [0.05, 0.1) is 12.5 Å². The smallest absolute Gasteiger partial charge is 0.233 e. The molecule has 2 aliphatic carbocycles. The van der Waals surface area contributed by atoms with Crippen LogP contribution in [0.1, 0.15) is 62.8 Å². The second kappa shape index (κ2) is 6.85. The quantitative estimate of drug-likeness (QED) is 0.752. The molecule has 1 atom stereocenters. The Hall–Kier alpha value is -2.37. The van der Waals surface area contributed by atoms with Gasteiger partial charge in [0.25, 0.3) is 0 Å². The van der Waals surface area contributed by atoms with Crippen molar-refractivity contribution in [3.63, 3.8) is 0 Å². The Balaban J connectivity index is 1.40. The minimum Gasteiger partial charge on any atom is -0.497 e. The predicted molar refractivity (Wildman–Crippen MR) is 110 cm³/mol. The van der Waals surface area contributed by atoms with E-state index in [4.69, 9.17) is 4.74 Å². The van der Waals surface area contributed by atoms with Crippen LogP contribution in [0.5, 0.6) is 5.75 Å². The molecule has 3 aliphatic rings. The zero-order valence-corrected chi connectivity index (χ0v) is 17.4. The molecule has 0 radical (unpaired) electrons. The lowest BCUT2D eigenvalue weighted by atomic mass is 9.62. The van der Waals surface area contributed by atoms with Crippen molar-refractivity contribution in [2.24, 2.45) is 5.41 Å². The summed E-state index contributed by atoms with van der Waals surface area (Å²) in [7, 11) is 1.67. The lowest BCUT2D eigenvalue weighted by molar-refractivity contribution is -0.133. The molecule has 0 N–H and O–H groups in total. The van der Waals surface area contributed by atoms with Crippen LogP contribution in [-0.2, 0) is 16.8 Å². The topological polar surface area (TPSA) is 60.2 Å². The SMILES string of the molecule is CCCn1cnnc1C1CN(C(=O)C2(c3ccc(OC)cc3)CC2)CC12CCC2. The monoisotopic (exact) mass is 394 g/mol. The standard InChI is InChI=1S/C23H30N4O2/c1-3-13-26-16-24-25-20(26)19-14-27(15-22(19)9-4-10-22)21(28)23(11-12-23)17-5-7-18(29-2)8-6-17/h5-8,16,19H,3-4,9-15H2,1-2H3. The zero-order chi connectivity index (χ0) is 20.1. The summed E-state index contributed by atoms with van der Waals surface area (Å²) in [4.78, 5) is 15.8. The maximum absolute atomic E-state index is 13.7. The van der Waals surface area contributed by atoms with Crippen molar-refractivity contribution >= 4 is 5.91 Å². The van der Waals surface area contributed by atoms with Gasteiger partial charge < -0.3 is 14.2 Å². The number of hydrogen-bond donors (Lipinski definition) is 0. The molecule has 154 valence electrons. The molecular weight excluding hydrogens is 364 g/mol. The summed E-state index contributed by atoms with van der Waals surface area (Å²) in [5.41, 5.74) is 0.997. The average Bonchev–Trinajstić information content (AvgIpc) is 3.22. The summed E-state index contributed by atoms with van der Waals surface area (Å²) in [6.07, 6.45) is 8.44. The van der Waals surface area contributed by atoms with Crippen LogP contribution in [0.2, 0.25) is 0 Å². The number of nitrogens with zero attached hydrogens (tertiary/aromatic N) is 4. The third kappa shape index (κ3) is 2.87. The van der Waals surface area contributed by atoms with E-state index in [0.717, 1.165) is 56.0 Å². The van der Waals surface area contributed by atoms with E-state index in [2.05, 4.69) is 38.7 Å². The van der Waals surface area contributed by atoms with Crippen molar-refractivity contribution in [3.05, 3.63) is 42.0 Å². The van der Waals surface area contributed by atoms with Crippen LogP contribution < -0.4 is 4.74 Å².